The summed E-state index contributed by atoms with van der Waals surface area (Å²) in [5.74, 6) is -0.346. The molecule has 0 aromatic heterocycles. The van der Waals surface area contributed by atoms with E-state index in [1.165, 1.54) is 0 Å². The van der Waals surface area contributed by atoms with E-state index in [1.54, 1.807) is 13.0 Å². The van der Waals surface area contributed by atoms with E-state index in [9.17, 15) is 20.1 Å². The summed E-state index contributed by atoms with van der Waals surface area (Å²) in [6, 6.07) is 0. The topological polar surface area (TPSA) is 77.8 Å². The largest absolute Gasteiger partial charge is 0.393 e. The molecule has 2 aliphatic rings. The van der Waals surface area contributed by atoms with Crippen molar-refractivity contribution in [1.29, 1.82) is 0 Å². The first-order valence-corrected chi connectivity index (χ1v) is 6.98. The van der Waals surface area contributed by atoms with Crippen molar-refractivity contribution in [2.75, 3.05) is 6.61 Å². The number of aliphatic hydroxyl groups is 3. The van der Waals surface area contributed by atoms with E-state index in [4.69, 9.17) is 0 Å². The van der Waals surface area contributed by atoms with E-state index in [1.807, 2.05) is 13.8 Å². The Kier molecular flexibility index (Phi) is 3.62. The second-order valence-electron chi connectivity index (χ2n) is 6.57. The molecule has 2 rings (SSSR count). The van der Waals surface area contributed by atoms with Gasteiger partial charge in [-0.3, -0.25) is 4.79 Å². The lowest BCUT2D eigenvalue weighted by Crippen LogP contribution is -2.45. The molecule has 1 spiro atoms. The zero-order valence-electron chi connectivity index (χ0n) is 11.9. The third kappa shape index (κ3) is 2.16. The zero-order valence-corrected chi connectivity index (χ0v) is 11.9. The van der Waals surface area contributed by atoms with Crippen molar-refractivity contribution in [1.82, 2.24) is 0 Å². The van der Waals surface area contributed by atoms with Crippen molar-refractivity contribution in [3.05, 3.63) is 11.6 Å². The molecule has 0 aromatic rings. The van der Waals surface area contributed by atoms with Gasteiger partial charge in [0.1, 0.15) is 6.10 Å². The van der Waals surface area contributed by atoms with Crippen LogP contribution in [-0.4, -0.2) is 39.4 Å². The van der Waals surface area contributed by atoms with Crippen molar-refractivity contribution >= 4 is 5.78 Å². The lowest BCUT2D eigenvalue weighted by atomic mass is 9.63. The Hall–Kier alpha value is -0.710. The monoisotopic (exact) mass is 268 g/mol. The Morgan fingerprint density at radius 3 is 2.74 bits per heavy atom. The summed E-state index contributed by atoms with van der Waals surface area (Å²) in [6.07, 6.45) is 2.99. The van der Waals surface area contributed by atoms with Crippen molar-refractivity contribution in [3.8, 4) is 0 Å². The van der Waals surface area contributed by atoms with Crippen molar-refractivity contribution in [3.63, 3.8) is 0 Å². The van der Waals surface area contributed by atoms with E-state index in [0.29, 0.717) is 6.42 Å². The van der Waals surface area contributed by atoms with Crippen molar-refractivity contribution in [2.24, 2.45) is 17.3 Å². The molecular weight excluding hydrogens is 244 g/mol. The molecule has 0 aromatic carbocycles. The fourth-order valence-corrected chi connectivity index (χ4v) is 3.86. The van der Waals surface area contributed by atoms with E-state index >= 15 is 0 Å². The van der Waals surface area contributed by atoms with E-state index in [0.717, 1.165) is 18.4 Å². The van der Waals surface area contributed by atoms with Gasteiger partial charge in [-0.2, -0.15) is 0 Å². The summed E-state index contributed by atoms with van der Waals surface area (Å²) in [5, 5.41) is 29.6. The average Bonchev–Trinajstić information content (AvgIpc) is 2.82. The molecule has 3 N–H and O–H groups in total. The Labute approximate surface area is 114 Å². The summed E-state index contributed by atoms with van der Waals surface area (Å²) >= 11 is 0. The van der Waals surface area contributed by atoms with Gasteiger partial charge in [-0.15, -0.1) is 0 Å². The van der Waals surface area contributed by atoms with Crippen LogP contribution in [0, 0.1) is 17.3 Å². The summed E-state index contributed by atoms with van der Waals surface area (Å²) in [4.78, 5) is 11.7. The maximum atomic E-state index is 11.7. The molecule has 1 fully saturated rings. The van der Waals surface area contributed by atoms with Gasteiger partial charge in [0, 0.05) is 0 Å². The van der Waals surface area contributed by atoms with Crippen molar-refractivity contribution in [2.45, 2.75) is 51.7 Å². The summed E-state index contributed by atoms with van der Waals surface area (Å²) in [5.41, 5.74) is -0.292. The number of allylic oxidation sites excluding steroid dienone is 1. The Morgan fingerprint density at radius 1 is 1.53 bits per heavy atom. The summed E-state index contributed by atoms with van der Waals surface area (Å²) in [7, 11) is 0. The number of carbonyl (C=O) groups excluding carboxylic acids is 1. The van der Waals surface area contributed by atoms with Gasteiger partial charge in [0.25, 0.3) is 0 Å². The van der Waals surface area contributed by atoms with Gasteiger partial charge in [0.15, 0.2) is 5.78 Å². The van der Waals surface area contributed by atoms with Crippen LogP contribution in [0.5, 0.6) is 0 Å². The third-order valence-electron chi connectivity index (χ3n) is 5.53. The summed E-state index contributed by atoms with van der Waals surface area (Å²) < 4.78 is 0. The predicted octanol–water partition coefficient (Wildman–Crippen LogP) is 1.04. The van der Waals surface area contributed by atoms with Crippen LogP contribution in [0.4, 0.5) is 0 Å². The quantitative estimate of drug-likeness (QED) is 0.699. The Balaban J connectivity index is 2.30. The van der Waals surface area contributed by atoms with Gasteiger partial charge in [0.05, 0.1) is 12.2 Å². The highest BCUT2D eigenvalue weighted by atomic mass is 16.3. The molecule has 4 nitrogen and oxygen atoms in total. The molecule has 0 aliphatic heterocycles. The van der Waals surface area contributed by atoms with Gasteiger partial charge in [-0.05, 0) is 56.4 Å². The van der Waals surface area contributed by atoms with Crippen molar-refractivity contribution < 1.29 is 20.1 Å². The molecule has 2 aliphatic carbocycles. The molecule has 19 heavy (non-hydrogen) atoms. The standard InChI is InChI=1S/C15H24O4/c1-9-6-12(17)13(18)10(2)15(9)5-4-11(7-15)14(3,19)8-16/h6,10-11,13,16,18-19H,4-5,7-8H2,1-3H3/t10-,11-,13+,14+,15-/m1/s1. The zero-order chi connectivity index (χ0) is 14.4. The van der Waals surface area contributed by atoms with Gasteiger partial charge < -0.3 is 15.3 Å². The number of hydrogen-bond acceptors (Lipinski definition) is 4. The lowest BCUT2D eigenvalue weighted by molar-refractivity contribution is -0.128. The second kappa shape index (κ2) is 4.69. The molecule has 0 heterocycles. The molecule has 5 atom stereocenters. The smallest absolute Gasteiger partial charge is 0.184 e. The van der Waals surface area contributed by atoms with Crippen LogP contribution in [0.2, 0.25) is 0 Å². The van der Waals surface area contributed by atoms with E-state index < -0.39 is 11.7 Å². The Bertz CT molecular complexity index is 412. The van der Waals surface area contributed by atoms with Crippen LogP contribution in [0.1, 0.15) is 40.0 Å². The molecular formula is C15H24O4. The first-order chi connectivity index (χ1) is 8.74. The van der Waals surface area contributed by atoms with Gasteiger partial charge in [-0.25, -0.2) is 0 Å². The number of ketones is 1. The lowest BCUT2D eigenvalue weighted by Gasteiger charge is -2.43. The summed E-state index contributed by atoms with van der Waals surface area (Å²) in [6.45, 7) is 5.25. The number of carbonyl (C=O) groups is 1. The maximum absolute atomic E-state index is 11.7. The molecule has 4 heteroatoms. The SMILES string of the molecule is CC1=CC(=O)[C@@H](O)[C@@H](C)[C@@]12CC[C@@H]([C@@](C)(O)CO)C2. The average molecular weight is 268 g/mol. The van der Waals surface area contributed by atoms with Crippen LogP contribution in [0.3, 0.4) is 0 Å². The van der Waals surface area contributed by atoms with Crippen LogP contribution in [-0.2, 0) is 4.79 Å². The highest BCUT2D eigenvalue weighted by molar-refractivity contribution is 5.95. The minimum Gasteiger partial charge on any atom is -0.393 e. The predicted molar refractivity (Wildman–Crippen MR) is 71.4 cm³/mol. The molecule has 0 bridgehead atoms. The second-order valence-corrected chi connectivity index (χ2v) is 6.57. The van der Waals surface area contributed by atoms with Crippen LogP contribution in [0.25, 0.3) is 0 Å². The van der Waals surface area contributed by atoms with E-state index in [-0.39, 0.29) is 29.6 Å². The molecule has 108 valence electrons. The van der Waals surface area contributed by atoms with E-state index in [2.05, 4.69) is 0 Å². The minimum atomic E-state index is -1.09. The van der Waals surface area contributed by atoms with Gasteiger partial charge in [0.2, 0.25) is 0 Å². The molecule has 0 amide bonds. The molecule has 1 saturated carbocycles. The number of rotatable bonds is 2. The first-order valence-electron chi connectivity index (χ1n) is 6.98. The van der Waals surface area contributed by atoms with Crippen LogP contribution >= 0.6 is 0 Å². The fourth-order valence-electron chi connectivity index (χ4n) is 3.86. The number of aliphatic hydroxyl groups excluding tert-OH is 2. The first kappa shape index (κ1) is 14.7. The highest BCUT2D eigenvalue weighted by Crippen LogP contribution is 2.56. The molecule has 0 radical (unpaired) electrons. The maximum Gasteiger partial charge on any atom is 0.184 e. The van der Waals surface area contributed by atoms with Crippen LogP contribution in [0.15, 0.2) is 11.6 Å². The fraction of sp³-hybridized carbons (Fsp3) is 0.800. The number of hydrogen-bond donors (Lipinski definition) is 3. The van der Waals surface area contributed by atoms with Gasteiger partial charge in [-0.1, -0.05) is 12.5 Å². The third-order valence-corrected chi connectivity index (χ3v) is 5.53. The minimum absolute atomic E-state index is 0.00343. The van der Waals surface area contributed by atoms with Crippen LogP contribution < -0.4 is 0 Å². The Morgan fingerprint density at radius 2 is 2.16 bits per heavy atom. The molecule has 0 saturated heterocycles. The van der Waals surface area contributed by atoms with Gasteiger partial charge >= 0.3 is 0 Å². The highest BCUT2D eigenvalue weighted by Gasteiger charge is 2.53. The molecule has 0 unspecified atom stereocenters. The normalized spacial score (nSPS) is 42.3.